The second-order valence-corrected chi connectivity index (χ2v) is 6.87. The summed E-state index contributed by atoms with van der Waals surface area (Å²) in [7, 11) is 1.67. The van der Waals surface area contributed by atoms with Crippen molar-refractivity contribution in [3.63, 3.8) is 0 Å². The van der Waals surface area contributed by atoms with Crippen molar-refractivity contribution in [1.82, 2.24) is 15.3 Å². The second kappa shape index (κ2) is 10.4. The molecule has 28 heavy (non-hydrogen) atoms. The van der Waals surface area contributed by atoms with Gasteiger partial charge in [-0.2, -0.15) is 0 Å². The van der Waals surface area contributed by atoms with E-state index in [1.807, 2.05) is 24.3 Å². The number of anilines is 1. The van der Waals surface area contributed by atoms with Crippen molar-refractivity contribution < 1.29 is 9.53 Å². The SMILES string of the molecule is COc1ccccc1CCNc1nccc(C(=O)NCCC2=CCCCC2)n1. The number of allylic oxidation sites excluding steroid dienone is 1. The van der Waals surface area contributed by atoms with Crippen molar-refractivity contribution in [2.75, 3.05) is 25.5 Å². The molecule has 0 saturated heterocycles. The molecular formula is C22H28N4O2. The van der Waals surface area contributed by atoms with Crippen LogP contribution in [0.15, 0.2) is 48.2 Å². The van der Waals surface area contributed by atoms with E-state index in [9.17, 15) is 4.79 Å². The number of hydrogen-bond donors (Lipinski definition) is 2. The Kier molecular flexibility index (Phi) is 7.41. The number of carbonyl (C=O) groups excluding carboxylic acids is 1. The minimum Gasteiger partial charge on any atom is -0.496 e. The Morgan fingerprint density at radius 1 is 1.14 bits per heavy atom. The summed E-state index contributed by atoms with van der Waals surface area (Å²) in [6.07, 6.45) is 10.5. The molecule has 1 aromatic carbocycles. The van der Waals surface area contributed by atoms with Gasteiger partial charge in [-0.1, -0.05) is 29.8 Å². The standard InChI is InChI=1S/C22H28N4O2/c1-28-20-10-6-5-9-18(20)12-15-24-22-25-16-13-19(26-22)21(27)23-14-11-17-7-3-2-4-8-17/h5-7,9-10,13,16H,2-4,8,11-12,14-15H2,1H3,(H,23,27)(H,24,25,26). The van der Waals surface area contributed by atoms with Crippen LogP contribution < -0.4 is 15.4 Å². The number of aromatic nitrogens is 2. The Morgan fingerprint density at radius 2 is 2.04 bits per heavy atom. The lowest BCUT2D eigenvalue weighted by atomic mass is 9.97. The van der Waals surface area contributed by atoms with Crippen LogP contribution in [0.1, 0.15) is 48.2 Å². The highest BCUT2D eigenvalue weighted by atomic mass is 16.5. The molecule has 0 saturated carbocycles. The highest BCUT2D eigenvalue weighted by Crippen LogP contribution is 2.19. The van der Waals surface area contributed by atoms with Gasteiger partial charge >= 0.3 is 0 Å². The highest BCUT2D eigenvalue weighted by Gasteiger charge is 2.10. The zero-order chi connectivity index (χ0) is 19.6. The minimum absolute atomic E-state index is 0.161. The molecule has 0 fully saturated rings. The van der Waals surface area contributed by atoms with Crippen molar-refractivity contribution in [1.29, 1.82) is 0 Å². The van der Waals surface area contributed by atoms with E-state index in [4.69, 9.17) is 4.74 Å². The van der Waals surface area contributed by atoms with E-state index in [2.05, 4.69) is 26.7 Å². The molecule has 0 radical (unpaired) electrons. The molecule has 1 aromatic heterocycles. The molecule has 6 nitrogen and oxygen atoms in total. The average Bonchev–Trinajstić information content (AvgIpc) is 2.75. The van der Waals surface area contributed by atoms with Crippen LogP contribution in [-0.4, -0.2) is 36.1 Å². The number of ether oxygens (including phenoxy) is 1. The van der Waals surface area contributed by atoms with Gasteiger partial charge in [0.05, 0.1) is 7.11 Å². The van der Waals surface area contributed by atoms with Gasteiger partial charge in [0.15, 0.2) is 0 Å². The molecule has 3 rings (SSSR count). The largest absolute Gasteiger partial charge is 0.496 e. The third kappa shape index (κ3) is 5.81. The number of para-hydroxylation sites is 1. The minimum atomic E-state index is -0.161. The Labute approximate surface area is 166 Å². The van der Waals surface area contributed by atoms with Crippen LogP contribution in [0, 0.1) is 0 Å². The molecule has 2 aromatic rings. The van der Waals surface area contributed by atoms with Crippen molar-refractivity contribution >= 4 is 11.9 Å². The normalized spacial score (nSPS) is 13.5. The van der Waals surface area contributed by atoms with Crippen LogP contribution >= 0.6 is 0 Å². The number of hydrogen-bond acceptors (Lipinski definition) is 5. The maximum absolute atomic E-state index is 12.4. The fourth-order valence-corrected chi connectivity index (χ4v) is 3.35. The summed E-state index contributed by atoms with van der Waals surface area (Å²) in [6, 6.07) is 9.56. The average molecular weight is 380 g/mol. The molecule has 1 aliphatic carbocycles. The zero-order valence-corrected chi connectivity index (χ0v) is 16.4. The fourth-order valence-electron chi connectivity index (χ4n) is 3.35. The van der Waals surface area contributed by atoms with Gasteiger partial charge in [0, 0.05) is 19.3 Å². The molecule has 6 heteroatoms. The Balaban J connectivity index is 1.47. The van der Waals surface area contributed by atoms with Crippen molar-refractivity contribution in [3.8, 4) is 5.75 Å². The van der Waals surface area contributed by atoms with Crippen molar-refractivity contribution in [3.05, 3.63) is 59.4 Å². The Bertz CT molecular complexity index is 820. The van der Waals surface area contributed by atoms with E-state index in [0.717, 1.165) is 30.6 Å². The van der Waals surface area contributed by atoms with Crippen LogP contribution in [0.2, 0.25) is 0 Å². The van der Waals surface area contributed by atoms with E-state index in [-0.39, 0.29) is 5.91 Å². The van der Waals surface area contributed by atoms with Crippen molar-refractivity contribution in [2.45, 2.75) is 38.5 Å². The number of amides is 1. The topological polar surface area (TPSA) is 76.1 Å². The molecule has 148 valence electrons. The highest BCUT2D eigenvalue weighted by molar-refractivity contribution is 5.92. The van der Waals surface area contributed by atoms with Crippen LogP contribution in [-0.2, 0) is 6.42 Å². The van der Waals surface area contributed by atoms with Crippen LogP contribution in [0.25, 0.3) is 0 Å². The van der Waals surface area contributed by atoms with Crippen LogP contribution in [0.5, 0.6) is 5.75 Å². The second-order valence-electron chi connectivity index (χ2n) is 6.87. The number of benzene rings is 1. The Morgan fingerprint density at radius 3 is 2.86 bits per heavy atom. The molecular weight excluding hydrogens is 352 g/mol. The quantitative estimate of drug-likeness (QED) is 0.648. The van der Waals surface area contributed by atoms with Gasteiger partial charge in [0.25, 0.3) is 5.91 Å². The monoisotopic (exact) mass is 380 g/mol. The predicted octanol–water partition coefficient (Wildman–Crippen LogP) is 3.76. The molecule has 0 spiro atoms. The lowest BCUT2D eigenvalue weighted by Gasteiger charge is -2.13. The number of carbonyl (C=O) groups is 1. The van der Waals surface area contributed by atoms with Gasteiger partial charge in [-0.05, 0) is 56.2 Å². The number of nitrogens with one attached hydrogen (secondary N) is 2. The maximum atomic E-state index is 12.4. The molecule has 1 amide bonds. The van der Waals surface area contributed by atoms with Crippen LogP contribution in [0.3, 0.4) is 0 Å². The van der Waals surface area contributed by atoms with Gasteiger partial charge in [0.1, 0.15) is 11.4 Å². The first-order valence-corrected chi connectivity index (χ1v) is 9.91. The molecule has 2 N–H and O–H groups in total. The lowest BCUT2D eigenvalue weighted by Crippen LogP contribution is -2.26. The number of rotatable bonds is 9. The molecule has 0 unspecified atom stereocenters. The summed E-state index contributed by atoms with van der Waals surface area (Å²) < 4.78 is 5.36. The van der Waals surface area contributed by atoms with Crippen molar-refractivity contribution in [2.24, 2.45) is 0 Å². The molecule has 1 aliphatic rings. The first-order chi connectivity index (χ1) is 13.8. The molecule has 0 atom stereocenters. The number of nitrogens with zero attached hydrogens (tertiary/aromatic N) is 2. The summed E-state index contributed by atoms with van der Waals surface area (Å²) in [5, 5.41) is 6.14. The summed E-state index contributed by atoms with van der Waals surface area (Å²) >= 11 is 0. The smallest absolute Gasteiger partial charge is 0.270 e. The van der Waals surface area contributed by atoms with Gasteiger partial charge in [-0.3, -0.25) is 4.79 Å². The summed E-state index contributed by atoms with van der Waals surface area (Å²) in [5.41, 5.74) is 2.95. The maximum Gasteiger partial charge on any atom is 0.270 e. The van der Waals surface area contributed by atoms with E-state index in [1.165, 1.54) is 24.8 Å². The van der Waals surface area contributed by atoms with E-state index in [1.54, 1.807) is 19.4 Å². The van der Waals surface area contributed by atoms with Crippen LogP contribution in [0.4, 0.5) is 5.95 Å². The number of methoxy groups -OCH3 is 1. The third-order valence-electron chi connectivity index (χ3n) is 4.87. The summed E-state index contributed by atoms with van der Waals surface area (Å²) in [6.45, 7) is 1.30. The third-order valence-corrected chi connectivity index (χ3v) is 4.87. The molecule has 0 bridgehead atoms. The van der Waals surface area contributed by atoms with E-state index < -0.39 is 0 Å². The molecule has 1 heterocycles. The summed E-state index contributed by atoms with van der Waals surface area (Å²) in [5.74, 6) is 1.16. The fraction of sp³-hybridized carbons (Fsp3) is 0.409. The van der Waals surface area contributed by atoms with Gasteiger partial charge in [0.2, 0.25) is 5.95 Å². The molecule has 0 aliphatic heterocycles. The van der Waals surface area contributed by atoms with E-state index in [0.29, 0.717) is 24.7 Å². The lowest BCUT2D eigenvalue weighted by molar-refractivity contribution is 0.0949. The summed E-state index contributed by atoms with van der Waals surface area (Å²) in [4.78, 5) is 20.9. The van der Waals surface area contributed by atoms with Gasteiger partial charge in [-0.25, -0.2) is 9.97 Å². The van der Waals surface area contributed by atoms with Gasteiger partial charge < -0.3 is 15.4 Å². The predicted molar refractivity (Wildman–Crippen MR) is 111 cm³/mol. The van der Waals surface area contributed by atoms with E-state index >= 15 is 0 Å². The van der Waals surface area contributed by atoms with Gasteiger partial charge in [-0.15, -0.1) is 0 Å². The Hall–Kier alpha value is -2.89. The first kappa shape index (κ1) is 19.9. The zero-order valence-electron chi connectivity index (χ0n) is 16.4. The first-order valence-electron chi connectivity index (χ1n) is 9.91.